The van der Waals surface area contributed by atoms with Crippen LogP contribution in [0, 0.1) is 5.92 Å². The molecule has 1 heterocycles. The van der Waals surface area contributed by atoms with Crippen LogP contribution in [0.4, 0.5) is 0 Å². The van der Waals surface area contributed by atoms with Crippen LogP contribution in [0.25, 0.3) is 11.1 Å². The molecule has 4 rings (SSSR count). The molecule has 0 unspecified atom stereocenters. The average Bonchev–Trinajstić information content (AvgIpc) is 3.12. The second-order valence-corrected chi connectivity index (χ2v) is 7.32. The zero-order valence-electron chi connectivity index (χ0n) is 14.9. The van der Waals surface area contributed by atoms with Crippen LogP contribution in [0.15, 0.2) is 54.6 Å². The summed E-state index contributed by atoms with van der Waals surface area (Å²) in [6, 6.07) is 18.6. The van der Waals surface area contributed by atoms with Crippen LogP contribution < -0.4 is 0 Å². The highest BCUT2D eigenvalue weighted by atomic mass is 16.5. The van der Waals surface area contributed by atoms with E-state index in [-0.39, 0.29) is 30.6 Å². The fourth-order valence-corrected chi connectivity index (χ4v) is 4.23. The van der Waals surface area contributed by atoms with Gasteiger partial charge in [0, 0.05) is 13.2 Å². The number of amides is 1. The van der Waals surface area contributed by atoms with Gasteiger partial charge >= 0.3 is 0 Å². The van der Waals surface area contributed by atoms with Gasteiger partial charge in [-0.15, -0.1) is 0 Å². The highest BCUT2D eigenvalue weighted by Crippen LogP contribution is 2.34. The Morgan fingerprint density at radius 3 is 2.50 bits per heavy atom. The van der Waals surface area contributed by atoms with Crippen molar-refractivity contribution in [3.05, 3.63) is 60.2 Å². The second kappa shape index (κ2) is 7.60. The monoisotopic (exact) mass is 351 g/mol. The van der Waals surface area contributed by atoms with Gasteiger partial charge in [-0.3, -0.25) is 4.79 Å². The third-order valence-electron chi connectivity index (χ3n) is 5.63. The Morgan fingerprint density at radius 2 is 1.77 bits per heavy atom. The molecule has 0 aromatic heterocycles. The molecule has 26 heavy (non-hydrogen) atoms. The lowest BCUT2D eigenvalue weighted by Gasteiger charge is -2.37. The number of carbonyl (C=O) groups excluding carboxylic acids is 1. The van der Waals surface area contributed by atoms with E-state index in [4.69, 9.17) is 4.74 Å². The predicted octanol–water partition coefficient (Wildman–Crippen LogP) is 2.89. The number of nitrogens with zero attached hydrogens (tertiary/aromatic N) is 1. The molecule has 1 aliphatic carbocycles. The number of hydrogen-bond acceptors (Lipinski definition) is 3. The molecule has 1 amide bonds. The van der Waals surface area contributed by atoms with Crippen molar-refractivity contribution in [3.8, 4) is 11.1 Å². The molecule has 1 saturated heterocycles. The van der Waals surface area contributed by atoms with Crippen molar-refractivity contribution in [1.29, 1.82) is 0 Å². The van der Waals surface area contributed by atoms with Gasteiger partial charge in [-0.1, -0.05) is 54.6 Å². The molecular formula is C22H25NO3. The zero-order chi connectivity index (χ0) is 17.9. The number of hydrogen-bond donors (Lipinski definition) is 1. The van der Waals surface area contributed by atoms with Crippen LogP contribution in [0.5, 0.6) is 0 Å². The van der Waals surface area contributed by atoms with Gasteiger partial charge in [-0.25, -0.2) is 0 Å². The molecule has 1 N–H and O–H groups in total. The number of aliphatic hydroxyl groups excluding tert-OH is 1. The molecule has 1 saturated carbocycles. The number of ether oxygens (including phenoxy) is 1. The summed E-state index contributed by atoms with van der Waals surface area (Å²) in [5.41, 5.74) is 3.38. The minimum Gasteiger partial charge on any atom is -0.396 e. The number of aliphatic hydroxyl groups is 1. The normalized spacial score (nSPS) is 25.1. The van der Waals surface area contributed by atoms with Gasteiger partial charge in [0.1, 0.15) is 0 Å². The van der Waals surface area contributed by atoms with Gasteiger partial charge in [0.05, 0.1) is 25.2 Å². The molecule has 2 aliphatic rings. The van der Waals surface area contributed by atoms with Crippen LogP contribution in [0.3, 0.4) is 0 Å². The molecule has 2 aromatic rings. The average molecular weight is 351 g/mol. The standard InChI is InChI=1S/C22H25NO3/c24-15-17-12-20-21(13-17)26-11-10-23(20)22(25)14-16-6-8-19(9-7-16)18-4-2-1-3-5-18/h1-9,17,20-21,24H,10-15H2/t17-,20+,21+/m1/s1. The van der Waals surface area contributed by atoms with Crippen LogP contribution in [0.1, 0.15) is 18.4 Å². The predicted molar refractivity (Wildman–Crippen MR) is 101 cm³/mol. The largest absolute Gasteiger partial charge is 0.396 e. The minimum absolute atomic E-state index is 0.0882. The highest BCUT2D eigenvalue weighted by Gasteiger charge is 2.42. The lowest BCUT2D eigenvalue weighted by molar-refractivity contribution is -0.143. The van der Waals surface area contributed by atoms with Gasteiger partial charge in [-0.2, -0.15) is 0 Å². The summed E-state index contributed by atoms with van der Waals surface area (Å²) in [6.45, 7) is 1.43. The fraction of sp³-hybridized carbons (Fsp3) is 0.409. The maximum absolute atomic E-state index is 12.9. The molecular weight excluding hydrogens is 326 g/mol. The van der Waals surface area contributed by atoms with E-state index in [9.17, 15) is 9.90 Å². The summed E-state index contributed by atoms with van der Waals surface area (Å²) in [4.78, 5) is 14.8. The molecule has 4 heteroatoms. The Hall–Kier alpha value is -2.17. The molecule has 0 spiro atoms. The van der Waals surface area contributed by atoms with Crippen molar-refractivity contribution in [2.24, 2.45) is 5.92 Å². The molecule has 2 fully saturated rings. The number of morpholine rings is 1. The Morgan fingerprint density at radius 1 is 1.04 bits per heavy atom. The van der Waals surface area contributed by atoms with Crippen LogP contribution in [0.2, 0.25) is 0 Å². The Bertz CT molecular complexity index is 744. The van der Waals surface area contributed by atoms with Crippen molar-refractivity contribution in [2.75, 3.05) is 19.8 Å². The minimum atomic E-state index is 0.0882. The van der Waals surface area contributed by atoms with E-state index in [1.165, 1.54) is 5.56 Å². The first-order valence-electron chi connectivity index (χ1n) is 9.41. The number of fused-ring (bicyclic) bond motifs is 1. The molecule has 0 radical (unpaired) electrons. The van der Waals surface area contributed by atoms with Crippen molar-refractivity contribution >= 4 is 5.91 Å². The summed E-state index contributed by atoms with van der Waals surface area (Å²) < 4.78 is 5.82. The molecule has 2 aromatic carbocycles. The van der Waals surface area contributed by atoms with E-state index >= 15 is 0 Å². The van der Waals surface area contributed by atoms with Crippen LogP contribution in [-0.2, 0) is 16.0 Å². The fourth-order valence-electron chi connectivity index (χ4n) is 4.23. The maximum Gasteiger partial charge on any atom is 0.227 e. The number of rotatable bonds is 4. The molecule has 3 atom stereocenters. The van der Waals surface area contributed by atoms with Crippen molar-refractivity contribution < 1.29 is 14.6 Å². The maximum atomic E-state index is 12.9. The van der Waals surface area contributed by atoms with E-state index < -0.39 is 0 Å². The zero-order valence-corrected chi connectivity index (χ0v) is 14.9. The smallest absolute Gasteiger partial charge is 0.227 e. The summed E-state index contributed by atoms with van der Waals surface area (Å²) in [5.74, 6) is 0.415. The van der Waals surface area contributed by atoms with Gasteiger partial charge in [0.15, 0.2) is 0 Å². The van der Waals surface area contributed by atoms with E-state index in [1.54, 1.807) is 0 Å². The first kappa shape index (κ1) is 17.3. The SMILES string of the molecule is O=C(Cc1ccc(-c2ccccc2)cc1)N1CCO[C@H]2C[C@H](CO)C[C@@H]21. The summed E-state index contributed by atoms with van der Waals surface area (Å²) in [5, 5.41) is 9.43. The van der Waals surface area contributed by atoms with Gasteiger partial charge in [0.25, 0.3) is 0 Å². The van der Waals surface area contributed by atoms with Gasteiger partial charge < -0.3 is 14.7 Å². The van der Waals surface area contributed by atoms with E-state index in [2.05, 4.69) is 24.3 Å². The van der Waals surface area contributed by atoms with Crippen molar-refractivity contribution in [2.45, 2.75) is 31.4 Å². The quantitative estimate of drug-likeness (QED) is 0.921. The summed E-state index contributed by atoms with van der Waals surface area (Å²) in [7, 11) is 0. The van der Waals surface area contributed by atoms with Gasteiger partial charge in [0.2, 0.25) is 5.91 Å². The third-order valence-corrected chi connectivity index (χ3v) is 5.63. The van der Waals surface area contributed by atoms with Crippen molar-refractivity contribution in [1.82, 2.24) is 4.90 Å². The Labute approximate surface area is 154 Å². The highest BCUT2D eigenvalue weighted by molar-refractivity contribution is 5.79. The molecule has 1 aliphatic heterocycles. The lowest BCUT2D eigenvalue weighted by Crippen LogP contribution is -2.51. The molecule has 136 valence electrons. The van der Waals surface area contributed by atoms with Crippen LogP contribution >= 0.6 is 0 Å². The molecule has 0 bridgehead atoms. The van der Waals surface area contributed by atoms with Gasteiger partial charge in [-0.05, 0) is 35.4 Å². The second-order valence-electron chi connectivity index (χ2n) is 7.32. The van der Waals surface area contributed by atoms with E-state index in [1.807, 2.05) is 35.2 Å². The topological polar surface area (TPSA) is 49.8 Å². The third kappa shape index (κ3) is 3.53. The first-order valence-corrected chi connectivity index (χ1v) is 9.41. The Balaban J connectivity index is 1.43. The summed E-state index contributed by atoms with van der Waals surface area (Å²) in [6.07, 6.45) is 2.21. The Kier molecular flexibility index (Phi) is 5.05. The van der Waals surface area contributed by atoms with Crippen LogP contribution in [-0.4, -0.2) is 47.8 Å². The first-order chi connectivity index (χ1) is 12.7. The van der Waals surface area contributed by atoms with E-state index in [0.717, 1.165) is 24.0 Å². The molecule has 4 nitrogen and oxygen atoms in total. The van der Waals surface area contributed by atoms with Crippen molar-refractivity contribution in [3.63, 3.8) is 0 Å². The summed E-state index contributed by atoms with van der Waals surface area (Å²) >= 11 is 0. The number of benzene rings is 2. The van der Waals surface area contributed by atoms with E-state index in [0.29, 0.717) is 19.6 Å². The number of carbonyl (C=O) groups is 1. The lowest BCUT2D eigenvalue weighted by atomic mass is 10.0.